The monoisotopic (exact) mass is 508 g/mol. The van der Waals surface area contributed by atoms with Gasteiger partial charge in [0.1, 0.15) is 30.0 Å². The van der Waals surface area contributed by atoms with Crippen LogP contribution in [0.2, 0.25) is 5.02 Å². The normalized spacial score (nSPS) is 18.8. The Morgan fingerprint density at radius 3 is 2.78 bits per heavy atom. The second kappa shape index (κ2) is 7.46. The molecule has 158 valence electrons. The lowest BCUT2D eigenvalue weighted by Gasteiger charge is -2.39. The minimum Gasteiger partial charge on any atom is -0.480 e. The molecule has 4 aromatic rings. The highest BCUT2D eigenvalue weighted by molar-refractivity contribution is 9.10. The average molecular weight is 510 g/mol. The lowest BCUT2D eigenvalue weighted by Crippen LogP contribution is -2.32. The molecule has 1 aromatic heterocycles. The van der Waals surface area contributed by atoms with Crippen molar-refractivity contribution >= 4 is 39.2 Å². The van der Waals surface area contributed by atoms with E-state index in [9.17, 15) is 0 Å². The van der Waals surface area contributed by atoms with Crippen molar-refractivity contribution in [3.8, 4) is 5.75 Å². The van der Waals surface area contributed by atoms with Gasteiger partial charge >= 0.3 is 0 Å². The predicted octanol–water partition coefficient (Wildman–Crippen LogP) is 6.39. The molecule has 0 fully saturated rings. The van der Waals surface area contributed by atoms with E-state index in [0.29, 0.717) is 22.3 Å². The number of anilines is 1. The number of rotatable bonds is 2. The van der Waals surface area contributed by atoms with E-state index in [4.69, 9.17) is 16.3 Å². The van der Waals surface area contributed by atoms with Crippen LogP contribution in [0.3, 0.4) is 0 Å². The highest BCUT2D eigenvalue weighted by Crippen LogP contribution is 2.51. The van der Waals surface area contributed by atoms with Crippen LogP contribution in [0.25, 0.3) is 5.70 Å². The minimum atomic E-state index is -0.555. The molecule has 3 heterocycles. The molecular formula is C24H15BrClFN4O. The van der Waals surface area contributed by atoms with Crippen molar-refractivity contribution in [2.45, 2.75) is 12.1 Å². The van der Waals surface area contributed by atoms with E-state index in [1.807, 2.05) is 42.5 Å². The van der Waals surface area contributed by atoms with E-state index < -0.39 is 12.1 Å². The predicted molar refractivity (Wildman–Crippen MR) is 124 cm³/mol. The standard InChI is InChI=1S/C24H15BrClFN4O/c25-14-5-3-4-13(10-14)23-20-21(17-11-15(26)8-9-19(17)32-23)30-24-28-12-29-31(24)22(20)16-6-1-2-7-18(16)27/h1-12,22-23H,(H,28,29,30)/t22-,23-/m1/s1. The number of halogens is 3. The summed E-state index contributed by atoms with van der Waals surface area (Å²) in [6.45, 7) is 0. The molecule has 6 rings (SSSR count). The van der Waals surface area contributed by atoms with Crippen LogP contribution in [-0.2, 0) is 0 Å². The Balaban J connectivity index is 1.67. The number of fused-ring (bicyclic) bond motifs is 3. The SMILES string of the molecule is Fc1ccccc1[C@@H]1C2=C(Nc3ncnn31)c1cc(Cl)ccc1O[C@@H]2c1cccc(Br)c1. The minimum absolute atomic E-state index is 0.322. The van der Waals surface area contributed by atoms with Gasteiger partial charge in [-0.25, -0.2) is 9.07 Å². The van der Waals surface area contributed by atoms with Crippen LogP contribution in [0.4, 0.5) is 10.3 Å². The molecule has 0 aliphatic carbocycles. The molecule has 0 radical (unpaired) electrons. The van der Waals surface area contributed by atoms with Crippen molar-refractivity contribution in [3.63, 3.8) is 0 Å². The topological polar surface area (TPSA) is 52.0 Å². The molecule has 5 nitrogen and oxygen atoms in total. The number of hydrogen-bond donors (Lipinski definition) is 1. The summed E-state index contributed by atoms with van der Waals surface area (Å²) < 4.78 is 24.3. The quantitative estimate of drug-likeness (QED) is 0.340. The summed E-state index contributed by atoms with van der Waals surface area (Å²) in [5.41, 5.74) is 3.85. The van der Waals surface area contributed by atoms with E-state index in [1.54, 1.807) is 22.9 Å². The van der Waals surface area contributed by atoms with Crippen LogP contribution < -0.4 is 10.1 Å². The Bertz CT molecular complexity index is 1400. The highest BCUT2D eigenvalue weighted by atomic mass is 79.9. The number of hydrogen-bond acceptors (Lipinski definition) is 4. The lowest BCUT2D eigenvalue weighted by molar-refractivity contribution is 0.222. The van der Waals surface area contributed by atoms with Crippen molar-refractivity contribution in [1.29, 1.82) is 0 Å². The van der Waals surface area contributed by atoms with Gasteiger partial charge in [0.25, 0.3) is 0 Å². The summed E-state index contributed by atoms with van der Waals surface area (Å²) in [7, 11) is 0. The van der Waals surface area contributed by atoms with Gasteiger partial charge in [0, 0.05) is 26.2 Å². The Morgan fingerprint density at radius 1 is 1.06 bits per heavy atom. The Kier molecular flexibility index (Phi) is 4.55. The molecule has 2 atom stereocenters. The Labute approximate surface area is 196 Å². The molecule has 0 bridgehead atoms. The zero-order chi connectivity index (χ0) is 21.8. The van der Waals surface area contributed by atoms with Gasteiger partial charge in [-0.1, -0.05) is 57.9 Å². The maximum absolute atomic E-state index is 15.1. The van der Waals surface area contributed by atoms with Gasteiger partial charge in [-0.3, -0.25) is 0 Å². The molecule has 3 aromatic carbocycles. The van der Waals surface area contributed by atoms with Crippen LogP contribution in [0, 0.1) is 5.82 Å². The lowest BCUT2D eigenvalue weighted by atomic mass is 9.84. The van der Waals surface area contributed by atoms with Gasteiger partial charge < -0.3 is 10.1 Å². The Morgan fingerprint density at radius 2 is 1.94 bits per heavy atom. The van der Waals surface area contributed by atoms with E-state index in [2.05, 4.69) is 31.3 Å². The molecule has 2 aliphatic rings. The summed E-state index contributed by atoms with van der Waals surface area (Å²) in [4.78, 5) is 4.36. The van der Waals surface area contributed by atoms with Gasteiger partial charge in [-0.05, 0) is 42.0 Å². The maximum atomic E-state index is 15.1. The largest absolute Gasteiger partial charge is 0.480 e. The van der Waals surface area contributed by atoms with Gasteiger partial charge in [-0.2, -0.15) is 10.1 Å². The van der Waals surface area contributed by atoms with Gasteiger partial charge in [0.2, 0.25) is 5.95 Å². The third-order valence-corrected chi connectivity index (χ3v) is 6.46. The second-order valence-electron chi connectivity index (χ2n) is 7.60. The van der Waals surface area contributed by atoms with Crippen molar-refractivity contribution in [3.05, 3.63) is 111 Å². The summed E-state index contributed by atoms with van der Waals surface area (Å²) in [6, 6.07) is 19.6. The zero-order valence-electron chi connectivity index (χ0n) is 16.5. The first kappa shape index (κ1) is 19.5. The number of ether oxygens (including phenoxy) is 1. The van der Waals surface area contributed by atoms with Crippen molar-refractivity contribution in [2.75, 3.05) is 5.32 Å². The molecule has 32 heavy (non-hydrogen) atoms. The first-order chi connectivity index (χ1) is 15.6. The fraction of sp³-hybridized carbons (Fsp3) is 0.0833. The van der Waals surface area contributed by atoms with Crippen molar-refractivity contribution in [1.82, 2.24) is 14.8 Å². The molecular weight excluding hydrogens is 495 g/mol. The Hall–Kier alpha value is -3.16. The van der Waals surface area contributed by atoms with Gasteiger partial charge in [0.15, 0.2) is 0 Å². The third kappa shape index (κ3) is 3.04. The summed E-state index contributed by atoms with van der Waals surface area (Å²) >= 11 is 9.89. The number of aromatic nitrogens is 3. The van der Waals surface area contributed by atoms with Crippen LogP contribution in [0.1, 0.15) is 28.8 Å². The number of benzene rings is 3. The molecule has 0 unspecified atom stereocenters. The van der Waals surface area contributed by atoms with Gasteiger partial charge in [0.05, 0.1) is 5.70 Å². The molecule has 0 amide bonds. The van der Waals surface area contributed by atoms with Crippen LogP contribution in [-0.4, -0.2) is 14.8 Å². The third-order valence-electron chi connectivity index (χ3n) is 5.73. The molecule has 2 aliphatic heterocycles. The maximum Gasteiger partial charge on any atom is 0.226 e. The zero-order valence-corrected chi connectivity index (χ0v) is 18.8. The fourth-order valence-corrected chi connectivity index (χ4v) is 4.97. The molecule has 0 spiro atoms. The van der Waals surface area contributed by atoms with Crippen LogP contribution in [0.5, 0.6) is 5.75 Å². The van der Waals surface area contributed by atoms with Crippen LogP contribution in [0.15, 0.2) is 83.1 Å². The van der Waals surface area contributed by atoms with E-state index in [-0.39, 0.29) is 5.82 Å². The van der Waals surface area contributed by atoms with E-state index in [1.165, 1.54) is 12.4 Å². The summed E-state index contributed by atoms with van der Waals surface area (Å²) in [5, 5.41) is 8.39. The van der Waals surface area contributed by atoms with Crippen molar-refractivity contribution < 1.29 is 9.13 Å². The van der Waals surface area contributed by atoms with Crippen molar-refractivity contribution in [2.24, 2.45) is 0 Å². The first-order valence-electron chi connectivity index (χ1n) is 9.97. The highest BCUT2D eigenvalue weighted by Gasteiger charge is 2.41. The van der Waals surface area contributed by atoms with Crippen LogP contribution >= 0.6 is 27.5 Å². The average Bonchev–Trinajstić information content (AvgIpc) is 3.26. The smallest absolute Gasteiger partial charge is 0.226 e. The summed E-state index contributed by atoms with van der Waals surface area (Å²) in [5.74, 6) is 0.890. The molecule has 0 saturated heterocycles. The molecule has 0 saturated carbocycles. The summed E-state index contributed by atoms with van der Waals surface area (Å²) in [6.07, 6.45) is 0.980. The fourth-order valence-electron chi connectivity index (χ4n) is 4.38. The molecule has 1 N–H and O–H groups in total. The second-order valence-corrected chi connectivity index (χ2v) is 8.95. The van der Waals surface area contributed by atoms with Gasteiger partial charge in [-0.15, -0.1) is 0 Å². The van der Waals surface area contributed by atoms with E-state index >= 15 is 4.39 Å². The molecule has 8 heteroatoms. The number of nitrogens with zero attached hydrogens (tertiary/aromatic N) is 3. The number of nitrogens with one attached hydrogen (secondary N) is 1. The first-order valence-corrected chi connectivity index (χ1v) is 11.1. The van der Waals surface area contributed by atoms with E-state index in [0.717, 1.165) is 26.9 Å².